The number of hydrogen-bond acceptors (Lipinski definition) is 6. The number of nitrogens with one attached hydrogen (secondary N) is 1. The Hall–Kier alpha value is -2.23. The van der Waals surface area contributed by atoms with Crippen molar-refractivity contribution in [1.82, 2.24) is 4.31 Å². The molecule has 0 bridgehead atoms. The lowest BCUT2D eigenvalue weighted by molar-refractivity contribution is -0.146. The highest BCUT2D eigenvalue weighted by Gasteiger charge is 2.27. The van der Waals surface area contributed by atoms with E-state index in [2.05, 4.69) is 5.32 Å². The molecule has 1 amide bonds. The first-order valence-corrected chi connectivity index (χ1v) is 12.1. The topological polar surface area (TPSA) is 92.8 Å². The molecule has 162 valence electrons. The molecule has 1 aromatic carbocycles. The molecule has 0 atom stereocenters. The van der Waals surface area contributed by atoms with Crippen molar-refractivity contribution in [3.8, 4) is 0 Å². The first-order chi connectivity index (χ1) is 14.2. The van der Waals surface area contributed by atoms with Crippen molar-refractivity contribution in [1.29, 1.82) is 0 Å². The average molecular weight is 451 g/mol. The van der Waals surface area contributed by atoms with Gasteiger partial charge in [0, 0.05) is 23.7 Å². The van der Waals surface area contributed by atoms with E-state index in [1.807, 2.05) is 32.0 Å². The number of hydrogen-bond donors (Lipinski definition) is 1. The van der Waals surface area contributed by atoms with Crippen LogP contribution in [0.4, 0.5) is 5.69 Å². The summed E-state index contributed by atoms with van der Waals surface area (Å²) in [4.78, 5) is 24.7. The van der Waals surface area contributed by atoms with E-state index in [-0.39, 0.29) is 10.6 Å². The molecule has 3 rings (SSSR count). The van der Waals surface area contributed by atoms with E-state index in [0.717, 1.165) is 41.7 Å². The zero-order valence-electron chi connectivity index (χ0n) is 17.1. The number of anilines is 1. The number of benzene rings is 1. The van der Waals surface area contributed by atoms with Crippen LogP contribution in [0.3, 0.4) is 0 Å². The lowest BCUT2D eigenvalue weighted by Gasteiger charge is -2.25. The van der Waals surface area contributed by atoms with Crippen LogP contribution < -0.4 is 5.32 Å². The smallest absolute Gasteiger partial charge is 0.311 e. The molecule has 30 heavy (non-hydrogen) atoms. The molecule has 1 aromatic heterocycles. The summed E-state index contributed by atoms with van der Waals surface area (Å²) in [5.41, 5.74) is 2.70. The summed E-state index contributed by atoms with van der Waals surface area (Å²) >= 11 is 1.07. The number of sulfonamides is 1. The Labute approximate surface area is 181 Å². The van der Waals surface area contributed by atoms with Gasteiger partial charge in [0.15, 0.2) is 6.61 Å². The minimum Gasteiger partial charge on any atom is -0.455 e. The fraction of sp³-hybridized carbons (Fsp3) is 0.429. The second-order valence-corrected chi connectivity index (χ2v) is 10.8. The second kappa shape index (κ2) is 9.72. The number of ether oxygens (including phenoxy) is 1. The van der Waals surface area contributed by atoms with Crippen molar-refractivity contribution in [2.24, 2.45) is 0 Å². The molecule has 0 saturated carbocycles. The van der Waals surface area contributed by atoms with Crippen molar-refractivity contribution in [2.75, 3.05) is 25.0 Å². The lowest BCUT2D eigenvalue weighted by Crippen LogP contribution is -2.35. The molecule has 7 nitrogen and oxygen atoms in total. The van der Waals surface area contributed by atoms with Gasteiger partial charge in [0.1, 0.15) is 4.21 Å². The quantitative estimate of drug-likeness (QED) is 0.654. The SMILES string of the molecule is Cc1cc(C)cc(NC(=O)COC(=O)Cc2ccc(S(=O)(=O)N3CCCCC3)s2)c1. The summed E-state index contributed by atoms with van der Waals surface area (Å²) in [6, 6.07) is 8.82. The van der Waals surface area contributed by atoms with Crippen molar-refractivity contribution in [3.63, 3.8) is 0 Å². The highest BCUT2D eigenvalue weighted by atomic mass is 32.2. The molecule has 0 spiro atoms. The van der Waals surface area contributed by atoms with Gasteiger partial charge in [0.2, 0.25) is 0 Å². The van der Waals surface area contributed by atoms with Crippen LogP contribution in [0.2, 0.25) is 0 Å². The van der Waals surface area contributed by atoms with Crippen LogP contribution in [0.5, 0.6) is 0 Å². The van der Waals surface area contributed by atoms with Gasteiger partial charge in [0.05, 0.1) is 6.42 Å². The van der Waals surface area contributed by atoms with Gasteiger partial charge in [-0.25, -0.2) is 8.42 Å². The van der Waals surface area contributed by atoms with Gasteiger partial charge in [-0.1, -0.05) is 12.5 Å². The summed E-state index contributed by atoms with van der Waals surface area (Å²) in [5, 5.41) is 2.70. The largest absolute Gasteiger partial charge is 0.455 e. The zero-order valence-corrected chi connectivity index (χ0v) is 18.8. The first kappa shape index (κ1) is 22.5. The first-order valence-electron chi connectivity index (χ1n) is 9.87. The third-order valence-corrected chi connectivity index (χ3v) is 8.19. The number of carbonyl (C=O) groups excluding carboxylic acids is 2. The van der Waals surface area contributed by atoms with E-state index in [4.69, 9.17) is 4.74 Å². The van der Waals surface area contributed by atoms with Crippen LogP contribution in [0.1, 0.15) is 35.3 Å². The zero-order chi connectivity index (χ0) is 21.7. The average Bonchev–Trinajstić information content (AvgIpc) is 3.15. The van der Waals surface area contributed by atoms with Crippen LogP contribution >= 0.6 is 11.3 Å². The van der Waals surface area contributed by atoms with Crippen LogP contribution in [-0.2, 0) is 30.8 Å². The third kappa shape index (κ3) is 5.90. The highest BCUT2D eigenvalue weighted by molar-refractivity contribution is 7.91. The Balaban J connectivity index is 1.51. The summed E-state index contributed by atoms with van der Waals surface area (Å²) in [7, 11) is -3.51. The molecular formula is C21H26N2O5S2. The maximum absolute atomic E-state index is 12.7. The minimum atomic E-state index is -3.51. The van der Waals surface area contributed by atoms with Crippen LogP contribution in [-0.4, -0.2) is 44.3 Å². The van der Waals surface area contributed by atoms with Crippen molar-refractivity contribution >= 4 is 38.9 Å². The summed E-state index contributed by atoms with van der Waals surface area (Å²) in [5.74, 6) is -0.998. The predicted molar refractivity (Wildman–Crippen MR) is 116 cm³/mol. The molecule has 2 heterocycles. The molecule has 0 radical (unpaired) electrons. The van der Waals surface area contributed by atoms with Gasteiger partial charge >= 0.3 is 5.97 Å². The van der Waals surface area contributed by atoms with Gasteiger partial charge < -0.3 is 10.1 Å². The number of thiophene rings is 1. The number of aryl methyl sites for hydroxylation is 2. The standard InChI is InChI=1S/C21H26N2O5S2/c1-15-10-16(2)12-17(11-15)22-19(24)14-28-20(25)13-18-6-7-21(29-18)30(26,27)23-8-4-3-5-9-23/h6-7,10-12H,3-5,8-9,13-14H2,1-2H3,(H,22,24). The van der Waals surface area contributed by atoms with E-state index >= 15 is 0 Å². The number of rotatable bonds is 7. The number of nitrogens with zero attached hydrogens (tertiary/aromatic N) is 1. The Bertz CT molecular complexity index is 1000. The monoisotopic (exact) mass is 450 g/mol. The van der Waals surface area contributed by atoms with E-state index in [9.17, 15) is 18.0 Å². The fourth-order valence-corrected chi connectivity index (χ4v) is 6.42. The Kier molecular flexibility index (Phi) is 7.27. The van der Waals surface area contributed by atoms with Crippen LogP contribution in [0.15, 0.2) is 34.5 Å². The molecule has 1 aliphatic heterocycles. The minimum absolute atomic E-state index is 0.0724. The number of amides is 1. The van der Waals surface area contributed by atoms with Gasteiger partial charge in [-0.2, -0.15) is 4.31 Å². The molecule has 1 saturated heterocycles. The normalized spacial score (nSPS) is 15.0. The van der Waals surface area contributed by atoms with Crippen molar-refractivity contribution in [3.05, 3.63) is 46.3 Å². The van der Waals surface area contributed by atoms with Crippen LogP contribution in [0.25, 0.3) is 0 Å². The fourth-order valence-electron chi connectivity index (χ4n) is 3.41. The molecule has 0 aliphatic carbocycles. The van der Waals surface area contributed by atoms with Gasteiger partial charge in [0.25, 0.3) is 15.9 Å². The molecule has 1 N–H and O–H groups in total. The number of piperidine rings is 1. The maximum atomic E-state index is 12.7. The molecule has 9 heteroatoms. The molecule has 1 aliphatic rings. The molecule has 0 unspecified atom stereocenters. The Morgan fingerprint density at radius 3 is 2.40 bits per heavy atom. The number of carbonyl (C=O) groups is 2. The Morgan fingerprint density at radius 2 is 1.73 bits per heavy atom. The van der Waals surface area contributed by atoms with Crippen molar-refractivity contribution < 1.29 is 22.7 Å². The maximum Gasteiger partial charge on any atom is 0.311 e. The third-order valence-electron chi connectivity index (χ3n) is 4.73. The van der Waals surface area contributed by atoms with Gasteiger partial charge in [-0.15, -0.1) is 11.3 Å². The van der Waals surface area contributed by atoms with Gasteiger partial charge in [-0.3, -0.25) is 9.59 Å². The number of esters is 1. The lowest BCUT2D eigenvalue weighted by atomic mass is 10.1. The molecular weight excluding hydrogens is 424 g/mol. The van der Waals surface area contributed by atoms with E-state index < -0.39 is 28.5 Å². The molecule has 1 fully saturated rings. The van der Waals surface area contributed by atoms with Crippen molar-refractivity contribution in [2.45, 2.75) is 43.7 Å². The molecule has 2 aromatic rings. The summed E-state index contributed by atoms with van der Waals surface area (Å²) in [6.07, 6.45) is 2.71. The van der Waals surface area contributed by atoms with Crippen LogP contribution in [0, 0.1) is 13.8 Å². The highest BCUT2D eigenvalue weighted by Crippen LogP contribution is 2.27. The summed E-state index contributed by atoms with van der Waals surface area (Å²) in [6.45, 7) is 4.55. The second-order valence-electron chi connectivity index (χ2n) is 7.45. The van der Waals surface area contributed by atoms with E-state index in [1.54, 1.807) is 6.07 Å². The predicted octanol–water partition coefficient (Wildman–Crippen LogP) is 3.26. The van der Waals surface area contributed by atoms with Gasteiger partial charge in [-0.05, 0) is 62.1 Å². The Morgan fingerprint density at radius 1 is 1.07 bits per heavy atom. The van der Waals surface area contributed by atoms with E-state index in [0.29, 0.717) is 23.7 Å². The van der Waals surface area contributed by atoms with E-state index in [1.165, 1.54) is 10.4 Å². The summed E-state index contributed by atoms with van der Waals surface area (Å²) < 4.78 is 32.2.